The number of amides is 3. The van der Waals surface area contributed by atoms with Gasteiger partial charge >= 0.3 is 6.09 Å². The van der Waals surface area contributed by atoms with Crippen LogP contribution in [0.3, 0.4) is 0 Å². The molecule has 0 aliphatic carbocycles. The summed E-state index contributed by atoms with van der Waals surface area (Å²) in [7, 11) is 1.36. The molecule has 3 rings (SSSR count). The molecule has 3 amide bonds. The fourth-order valence-corrected chi connectivity index (χ4v) is 3.98. The van der Waals surface area contributed by atoms with E-state index in [1.165, 1.54) is 7.05 Å². The molecule has 16 heteroatoms. The van der Waals surface area contributed by atoms with Gasteiger partial charge in [-0.2, -0.15) is 0 Å². The van der Waals surface area contributed by atoms with Gasteiger partial charge in [0.2, 0.25) is 11.8 Å². The lowest BCUT2D eigenvalue weighted by molar-refractivity contribution is -0.215. The maximum Gasteiger partial charge on any atom is 0.404 e. The van der Waals surface area contributed by atoms with E-state index >= 15 is 0 Å². The van der Waals surface area contributed by atoms with Crippen LogP contribution in [-0.4, -0.2) is 126 Å². The number of likely N-dealkylation sites (N-methyl/N-ethyl adjacent to an activating group) is 1. The number of carbonyl (C=O) groups is 3. The van der Waals surface area contributed by atoms with Crippen LogP contribution in [0.15, 0.2) is 9.98 Å². The van der Waals surface area contributed by atoms with Gasteiger partial charge < -0.3 is 57.1 Å². The minimum Gasteiger partial charge on any atom is -0.441 e. The first-order chi connectivity index (χ1) is 15.7. The largest absolute Gasteiger partial charge is 0.441 e. The van der Waals surface area contributed by atoms with Crippen LogP contribution in [0.25, 0.3) is 0 Å². The molecule has 3 aliphatic rings. The van der Waals surface area contributed by atoms with E-state index < -0.39 is 67.4 Å². The zero-order valence-electron chi connectivity index (χ0n) is 17.7. The molecule has 0 saturated carbocycles. The molecule has 16 nitrogen and oxygen atoms in total. The minimum atomic E-state index is -1.53. The second-order valence-electron chi connectivity index (χ2n) is 7.70. The predicted molar refractivity (Wildman–Crippen MR) is 111 cm³/mol. The van der Waals surface area contributed by atoms with Crippen molar-refractivity contribution in [1.29, 1.82) is 0 Å². The number of nitrogens with zero attached hydrogens (tertiary/aromatic N) is 3. The Morgan fingerprint density at radius 2 is 2.18 bits per heavy atom. The van der Waals surface area contributed by atoms with Crippen molar-refractivity contribution < 1.29 is 39.2 Å². The molecule has 8 atom stereocenters. The number of aliphatic hydroxyl groups excluding tert-OH is 3. The average Bonchev–Trinajstić information content (AvgIpc) is 3.21. The van der Waals surface area contributed by atoms with E-state index in [4.69, 9.17) is 20.9 Å². The summed E-state index contributed by atoms with van der Waals surface area (Å²) in [4.78, 5) is 45.2. The minimum absolute atomic E-state index is 0.0462. The quantitative estimate of drug-likeness (QED) is 0.133. The van der Waals surface area contributed by atoms with Gasteiger partial charge in [0, 0.05) is 13.6 Å². The zero-order valence-corrected chi connectivity index (χ0v) is 17.7. The fraction of sp³-hybridized carbons (Fsp3) is 0.706. The number of ether oxygens (including phenoxy) is 2. The van der Waals surface area contributed by atoms with Gasteiger partial charge in [-0.1, -0.05) is 0 Å². The van der Waals surface area contributed by atoms with E-state index in [9.17, 15) is 29.7 Å². The topological polar surface area (TPSA) is 246 Å². The Labute approximate surface area is 188 Å². The summed E-state index contributed by atoms with van der Waals surface area (Å²) in [6.45, 7) is -0.939. The molecule has 10 N–H and O–H groups in total. The lowest BCUT2D eigenvalue weighted by atomic mass is 9.94. The van der Waals surface area contributed by atoms with Crippen molar-refractivity contribution in [2.75, 3.05) is 26.7 Å². The molecule has 0 aromatic rings. The van der Waals surface area contributed by atoms with Crippen LogP contribution in [0.1, 0.15) is 0 Å². The third-order valence-electron chi connectivity index (χ3n) is 5.65. The first-order valence-corrected chi connectivity index (χ1v) is 10.1. The second kappa shape index (κ2) is 10.2. The smallest absolute Gasteiger partial charge is 0.404 e. The third-order valence-corrected chi connectivity index (χ3v) is 5.65. The summed E-state index contributed by atoms with van der Waals surface area (Å²) < 4.78 is 10.8. The van der Waals surface area contributed by atoms with E-state index in [0.29, 0.717) is 0 Å². The Kier molecular flexibility index (Phi) is 7.52. The normalized spacial score (nSPS) is 35.8. The standard InChI is InChI=1S/C17H28N8O8/c1-25(8(28)3-20-5-18)11-13(33-16(19)31)12(29)7(4-26)32-15(11)24-17-22-9-6(27)2-21-14(30)10(9)23-17/h5-7,9-13,15,26-27,29H,2-4H2,1H3,(H2,18,20)(H2,19,31)(H,21,30)(H2,22,23,24)/t6-,7+,9-,10-,11+,12-,13+,15-/m1/s1. The van der Waals surface area contributed by atoms with Crippen LogP contribution in [-0.2, 0) is 19.1 Å². The summed E-state index contributed by atoms with van der Waals surface area (Å²) in [5.74, 6) is -0.890. The van der Waals surface area contributed by atoms with Crippen LogP contribution < -0.4 is 27.4 Å². The summed E-state index contributed by atoms with van der Waals surface area (Å²) in [5, 5.41) is 38.7. The first-order valence-electron chi connectivity index (χ1n) is 10.1. The van der Waals surface area contributed by atoms with Crippen molar-refractivity contribution >= 4 is 30.2 Å². The van der Waals surface area contributed by atoms with Crippen molar-refractivity contribution in [2.24, 2.45) is 21.5 Å². The molecule has 2 saturated heterocycles. The van der Waals surface area contributed by atoms with Gasteiger partial charge in [0.25, 0.3) is 0 Å². The number of hydrogen-bond donors (Lipinski definition) is 8. The molecule has 3 aliphatic heterocycles. The van der Waals surface area contributed by atoms with E-state index in [0.717, 1.165) is 11.2 Å². The number of aliphatic hydroxyl groups is 3. The molecule has 184 valence electrons. The van der Waals surface area contributed by atoms with Crippen molar-refractivity contribution in [2.45, 2.75) is 48.8 Å². The van der Waals surface area contributed by atoms with E-state index in [1.54, 1.807) is 0 Å². The number of hydrogen-bond acceptors (Lipinski definition) is 12. The van der Waals surface area contributed by atoms with Crippen LogP contribution in [0.5, 0.6) is 0 Å². The van der Waals surface area contributed by atoms with Crippen molar-refractivity contribution in [3.05, 3.63) is 0 Å². The van der Waals surface area contributed by atoms with Crippen LogP contribution in [0.2, 0.25) is 0 Å². The molecule has 3 heterocycles. The number of fused-ring (bicyclic) bond motifs is 1. The molecule has 0 unspecified atom stereocenters. The zero-order chi connectivity index (χ0) is 24.3. The summed E-state index contributed by atoms with van der Waals surface area (Å²) in [6, 6.07) is -2.77. The van der Waals surface area contributed by atoms with Gasteiger partial charge in [-0.3, -0.25) is 14.6 Å². The lowest BCUT2D eigenvalue weighted by Crippen LogP contribution is -2.70. The highest BCUT2D eigenvalue weighted by Gasteiger charge is 2.51. The Morgan fingerprint density at radius 3 is 2.79 bits per heavy atom. The van der Waals surface area contributed by atoms with Crippen LogP contribution in [0, 0.1) is 0 Å². The van der Waals surface area contributed by atoms with Crippen molar-refractivity contribution in [1.82, 2.24) is 20.9 Å². The first kappa shape index (κ1) is 24.4. The van der Waals surface area contributed by atoms with Gasteiger partial charge in [0.15, 0.2) is 24.3 Å². The van der Waals surface area contributed by atoms with E-state index in [1.807, 2.05) is 0 Å². The highest BCUT2D eigenvalue weighted by molar-refractivity contribution is 5.92. The highest BCUT2D eigenvalue weighted by atomic mass is 16.6. The van der Waals surface area contributed by atoms with Gasteiger partial charge in [-0.25, -0.2) is 9.79 Å². The molecule has 2 fully saturated rings. The predicted octanol–water partition coefficient (Wildman–Crippen LogP) is -5.88. The van der Waals surface area contributed by atoms with E-state index in [2.05, 4.69) is 25.9 Å². The number of nitrogens with two attached hydrogens (primary N) is 2. The summed E-state index contributed by atoms with van der Waals surface area (Å²) >= 11 is 0. The van der Waals surface area contributed by atoms with Gasteiger partial charge in [-0.05, 0) is 0 Å². The van der Waals surface area contributed by atoms with Gasteiger partial charge in [0.05, 0.1) is 25.1 Å². The maximum absolute atomic E-state index is 12.6. The average molecular weight is 472 g/mol. The lowest BCUT2D eigenvalue weighted by Gasteiger charge is -2.47. The number of guanidine groups is 1. The third kappa shape index (κ3) is 5.08. The SMILES string of the molecule is CN(C(=O)CN=CN)[C@H]1[C@H](OC(N)=O)[C@H](O)[C@H](CO)O[C@H]1NC1=N[C@H]2C(=O)NC[C@@H](O)[C@H]2N1. The summed E-state index contributed by atoms with van der Waals surface area (Å²) in [5.41, 5.74) is 10.4. The molecule has 33 heavy (non-hydrogen) atoms. The molecular formula is C17H28N8O8. The highest BCUT2D eigenvalue weighted by Crippen LogP contribution is 2.27. The number of primary amides is 1. The second-order valence-corrected chi connectivity index (χ2v) is 7.70. The molecular weight excluding hydrogens is 444 g/mol. The monoisotopic (exact) mass is 472 g/mol. The Bertz CT molecular complexity index is 825. The van der Waals surface area contributed by atoms with Crippen LogP contribution in [0.4, 0.5) is 4.79 Å². The van der Waals surface area contributed by atoms with Gasteiger partial charge in [0.1, 0.15) is 24.8 Å². The maximum atomic E-state index is 12.6. The molecule has 0 radical (unpaired) electrons. The van der Waals surface area contributed by atoms with Crippen molar-refractivity contribution in [3.63, 3.8) is 0 Å². The number of nitrogens with one attached hydrogen (secondary N) is 3. The molecule has 0 spiro atoms. The number of rotatable bonds is 6. The molecule has 0 bridgehead atoms. The van der Waals surface area contributed by atoms with E-state index in [-0.39, 0.29) is 25.0 Å². The number of carbonyl (C=O) groups excluding carboxylic acids is 3. The Balaban J connectivity index is 1.89. The summed E-state index contributed by atoms with van der Waals surface area (Å²) in [6.07, 6.45) is -6.53. The molecule has 0 aromatic carbocycles. The van der Waals surface area contributed by atoms with Crippen molar-refractivity contribution in [3.8, 4) is 0 Å². The number of aliphatic imine (C=N–C) groups is 2. The Hall–Kier alpha value is -3.21. The fourth-order valence-electron chi connectivity index (χ4n) is 3.98. The Morgan fingerprint density at radius 1 is 1.45 bits per heavy atom. The molecule has 0 aromatic heterocycles. The number of piperidine rings is 1. The van der Waals surface area contributed by atoms with Crippen LogP contribution >= 0.6 is 0 Å². The van der Waals surface area contributed by atoms with Gasteiger partial charge in [-0.15, -0.1) is 0 Å². The number of β-amino-alcohol motifs (C(OH)–C–C–N with tert-alkyl or cyclic N) is 1.